The van der Waals surface area contributed by atoms with Crippen LogP contribution in [0, 0.1) is 0 Å². The maximum Gasteiger partial charge on any atom is 0.343 e. The van der Waals surface area contributed by atoms with Crippen molar-refractivity contribution in [3.05, 3.63) is 483 Å². The molecule has 0 amide bonds. The van der Waals surface area contributed by atoms with Crippen LogP contribution in [0.15, 0.2) is 394 Å². The average Bonchev–Trinajstić information content (AvgIpc) is 1.60. The minimum Gasteiger partial charge on any atom is -0.485 e. The number of benzene rings is 16. The lowest BCUT2D eigenvalue weighted by Gasteiger charge is -2.28. The summed E-state index contributed by atoms with van der Waals surface area (Å²) in [6, 6.07) is 115. The molecule has 134 heavy (non-hydrogen) atoms. The minimum atomic E-state index is -1.82. The van der Waals surface area contributed by atoms with E-state index in [-0.39, 0.29) is 127 Å². The Balaban J connectivity index is 0.658. The largest absolute Gasteiger partial charge is 0.485 e. The Labute approximate surface area is 768 Å². The lowest BCUT2D eigenvalue weighted by molar-refractivity contribution is -0.0471. The van der Waals surface area contributed by atoms with Crippen LogP contribution >= 0.6 is 0 Å². The van der Waals surface area contributed by atoms with Crippen molar-refractivity contribution in [1.82, 2.24) is 0 Å². The number of ether oxygens (including phenoxy) is 16. The van der Waals surface area contributed by atoms with Crippen LogP contribution in [0.25, 0.3) is 0 Å². The summed E-state index contributed by atoms with van der Waals surface area (Å²) in [5, 5.41) is 0. The van der Waals surface area contributed by atoms with Crippen LogP contribution in [-0.4, -0.2) is 36.0 Å². The maximum atomic E-state index is 16.2. The number of fused-ring (bicyclic) bond motifs is 5. The van der Waals surface area contributed by atoms with E-state index in [9.17, 15) is 4.79 Å². The fraction of sp³-hybridized carbons (Fsp3) is 0.106. The van der Waals surface area contributed by atoms with Crippen molar-refractivity contribution < 1.29 is 99.8 Å². The number of carbonyl (C=O) groups is 5. The van der Waals surface area contributed by atoms with E-state index in [1.54, 1.807) is 24.3 Å². The van der Waals surface area contributed by atoms with Gasteiger partial charge in [0.05, 0.1) is 27.8 Å². The summed E-state index contributed by atoms with van der Waals surface area (Å²) < 4.78 is 110. The van der Waals surface area contributed by atoms with Crippen LogP contribution in [0.2, 0.25) is 0 Å². The van der Waals surface area contributed by atoms with Crippen molar-refractivity contribution in [2.75, 3.05) is 0 Å². The molecule has 21 heteroatoms. The molecular formula is C113H78O21. The molecule has 0 N–H and O–H groups in total. The molecule has 656 valence electrons. The van der Waals surface area contributed by atoms with Gasteiger partial charge in [0.1, 0.15) is 12.7 Å². The summed E-state index contributed by atoms with van der Waals surface area (Å²) in [6.45, 7) is 0.0537. The zero-order valence-corrected chi connectivity index (χ0v) is 71.4. The molecule has 1 fully saturated rings. The van der Waals surface area contributed by atoms with E-state index in [0.29, 0.717) is 68.5 Å². The number of carbonyl (C=O) groups excluding carboxylic acids is 5. The topological polar surface area (TPSA) is 233 Å². The summed E-state index contributed by atoms with van der Waals surface area (Å²) in [7, 11) is 0. The standard InChI is InChI=1S/C113H78O21/c114-104(120-88-59-35-12-36-60-88)74-62-90(100-95(67-74)126-110(131-100,80-43-19-4-20-44-80)81-45-21-5-22-46-81)122-106(116)76-64-92(102-97(69-76)128-112(133-102,84-51-27-8-28-52-84)85-53-29-9-30-54-85)124-108(118)77-65-93(103-98(70-77)129-113(134-103,86-55-31-10-32-56-86)87-57-33-11-34-58-87)123-107(117)75-63-91(101-96(68-75)127-111(132-101,82-47-23-6-24-48-82)83-49-25-7-26-50-83)121-105(115)73-61-89(119-71-72-37-13-1-14-38-72)99-94(66-73)125-109(130-99,78-39-15-2-16-40-78)79-41-17-3-18-42-79/h1-11,13-34,37-58,61-70,88H,12,35-36,59-60,71H2. The van der Waals surface area contributed by atoms with Gasteiger partial charge in [-0.3, -0.25) is 0 Å². The van der Waals surface area contributed by atoms with Crippen molar-refractivity contribution in [1.29, 1.82) is 0 Å². The maximum absolute atomic E-state index is 16.2. The van der Waals surface area contributed by atoms with E-state index in [1.165, 1.54) is 60.7 Å². The summed E-state index contributed by atoms with van der Waals surface area (Å²) >= 11 is 0. The number of esters is 5. The first-order chi connectivity index (χ1) is 65.8. The lowest BCUT2D eigenvalue weighted by atomic mass is 9.97. The Hall–Kier alpha value is -17.3. The molecule has 0 bridgehead atoms. The second kappa shape index (κ2) is 34.3. The molecule has 6 aliphatic rings. The smallest absolute Gasteiger partial charge is 0.343 e. The zero-order valence-electron chi connectivity index (χ0n) is 71.4. The van der Waals surface area contributed by atoms with Crippen LogP contribution in [0.1, 0.15) is 145 Å². The molecule has 0 saturated heterocycles. The Morgan fingerprint density at radius 2 is 0.418 bits per heavy atom. The molecule has 22 rings (SSSR count). The van der Waals surface area contributed by atoms with E-state index in [1.807, 2.05) is 309 Å². The molecule has 21 nitrogen and oxygen atoms in total. The Kier molecular flexibility index (Phi) is 21.1. The Bertz CT molecular complexity index is 6960. The van der Waals surface area contributed by atoms with Gasteiger partial charge >= 0.3 is 58.8 Å². The quantitative estimate of drug-likeness (QED) is 0.0428. The highest BCUT2D eigenvalue weighted by Crippen LogP contribution is 2.60. The first kappa shape index (κ1) is 82.4. The molecule has 0 atom stereocenters. The zero-order chi connectivity index (χ0) is 90.4. The van der Waals surface area contributed by atoms with Gasteiger partial charge in [-0.25, -0.2) is 24.0 Å². The Morgan fingerprint density at radius 1 is 0.224 bits per heavy atom. The molecular weight excluding hydrogens is 1690 g/mol. The first-order valence-corrected chi connectivity index (χ1v) is 43.9. The van der Waals surface area contributed by atoms with E-state index in [4.69, 9.17) is 75.8 Å². The van der Waals surface area contributed by atoms with Crippen LogP contribution in [0.3, 0.4) is 0 Å². The van der Waals surface area contributed by atoms with Crippen molar-refractivity contribution in [2.45, 2.75) is 73.8 Å². The molecule has 0 spiro atoms. The predicted octanol–water partition coefficient (Wildman–Crippen LogP) is 23.0. The molecule has 5 aliphatic heterocycles. The molecule has 1 saturated carbocycles. The van der Waals surface area contributed by atoms with Gasteiger partial charge in [-0.05, 0) is 91.9 Å². The molecule has 0 radical (unpaired) electrons. The third-order valence-corrected chi connectivity index (χ3v) is 24.2. The van der Waals surface area contributed by atoms with Gasteiger partial charge in [-0.1, -0.05) is 340 Å². The van der Waals surface area contributed by atoms with E-state index >= 15 is 19.2 Å². The highest BCUT2D eigenvalue weighted by molar-refractivity contribution is 5.99. The van der Waals surface area contributed by atoms with Crippen LogP contribution < -0.4 is 71.1 Å². The third kappa shape index (κ3) is 15.1. The van der Waals surface area contributed by atoms with Crippen molar-refractivity contribution in [3.8, 4) is 86.2 Å². The number of hydrogen-bond acceptors (Lipinski definition) is 21. The van der Waals surface area contributed by atoms with Gasteiger partial charge in [0, 0.05) is 55.6 Å². The van der Waals surface area contributed by atoms with Gasteiger partial charge < -0.3 is 75.8 Å². The van der Waals surface area contributed by atoms with Crippen LogP contribution in [0.5, 0.6) is 86.2 Å². The summed E-state index contributed by atoms with van der Waals surface area (Å²) in [6.07, 6.45) is 3.79. The van der Waals surface area contributed by atoms with Gasteiger partial charge in [0.25, 0.3) is 0 Å². The Morgan fingerprint density at radius 3 is 0.642 bits per heavy atom. The highest BCUT2D eigenvalue weighted by atomic mass is 16.8. The van der Waals surface area contributed by atoms with Crippen LogP contribution in [0.4, 0.5) is 0 Å². The number of rotatable bonds is 23. The normalized spacial score (nSPS) is 15.3. The van der Waals surface area contributed by atoms with Gasteiger partial charge in [-0.15, -0.1) is 0 Å². The van der Waals surface area contributed by atoms with Crippen LogP contribution in [-0.2, 0) is 40.3 Å². The fourth-order valence-electron chi connectivity index (χ4n) is 17.7. The first-order valence-electron chi connectivity index (χ1n) is 43.9. The summed E-state index contributed by atoms with van der Waals surface area (Å²) in [4.78, 5) is 78.3. The minimum absolute atomic E-state index is 0.0108. The molecule has 1 aliphatic carbocycles. The summed E-state index contributed by atoms with van der Waals surface area (Å²) in [5.41, 5.74) is 5.46. The second-order valence-corrected chi connectivity index (χ2v) is 32.8. The average molecular weight is 1770 g/mol. The molecule has 0 unspecified atom stereocenters. The SMILES string of the molecule is O=C(Oc1cc(C(=O)Oc2cc(C(=O)Oc3cc(C(=O)Oc4cc(C(=O)OC5CCCCC5)cc5c4OC(c4ccccc4)(c4ccccc4)O5)cc4c3OC(c3ccccc3)(c3ccccc3)O4)cc3c2OC(c2ccccc2)(c2ccccc2)O3)cc2c1OC(c1ccccc1)(c1ccccc1)O2)c1cc(OCc2ccccc2)c2c(c1)OC(c1ccccc1)(c1ccccc1)O2. The van der Waals surface area contributed by atoms with E-state index < -0.39 is 58.8 Å². The van der Waals surface area contributed by atoms with Gasteiger partial charge in [-0.2, -0.15) is 0 Å². The van der Waals surface area contributed by atoms with E-state index in [2.05, 4.69) is 0 Å². The molecule has 16 aromatic rings. The molecule has 16 aromatic carbocycles. The second-order valence-electron chi connectivity index (χ2n) is 32.8. The number of hydrogen-bond donors (Lipinski definition) is 0. The van der Waals surface area contributed by atoms with Crippen molar-refractivity contribution in [3.63, 3.8) is 0 Å². The predicted molar refractivity (Wildman–Crippen MR) is 490 cm³/mol. The van der Waals surface area contributed by atoms with Gasteiger partial charge in [0.2, 0.25) is 28.7 Å². The van der Waals surface area contributed by atoms with Crippen molar-refractivity contribution in [2.24, 2.45) is 0 Å². The van der Waals surface area contributed by atoms with Gasteiger partial charge in [0.15, 0.2) is 57.5 Å². The monoisotopic (exact) mass is 1770 g/mol. The van der Waals surface area contributed by atoms with Crippen molar-refractivity contribution >= 4 is 29.8 Å². The van der Waals surface area contributed by atoms with E-state index in [0.717, 1.165) is 24.8 Å². The molecule has 5 heterocycles. The highest BCUT2D eigenvalue weighted by Gasteiger charge is 2.54. The summed E-state index contributed by atoms with van der Waals surface area (Å²) in [5.74, 6) is -14.9. The third-order valence-electron chi connectivity index (χ3n) is 24.2. The molecule has 0 aromatic heterocycles. The fourth-order valence-corrected chi connectivity index (χ4v) is 17.7. The lowest BCUT2D eigenvalue weighted by Crippen LogP contribution is -2.36.